The molecule has 1 aromatic rings. The number of nitrogens with zero attached hydrogens (tertiary/aromatic N) is 1. The van der Waals surface area contributed by atoms with E-state index in [4.69, 9.17) is 5.73 Å². The Labute approximate surface area is 119 Å². The monoisotopic (exact) mass is 279 g/mol. The second kappa shape index (κ2) is 6.81. The van der Waals surface area contributed by atoms with Crippen LogP contribution in [-0.4, -0.2) is 37.0 Å². The molecule has 0 bridgehead atoms. The van der Waals surface area contributed by atoms with E-state index in [1.54, 1.807) is 6.07 Å². The molecule has 1 amide bonds. The first-order valence-corrected chi connectivity index (χ1v) is 7.07. The van der Waals surface area contributed by atoms with Crippen LogP contribution in [0, 0.1) is 18.7 Å². The number of benzene rings is 1. The molecule has 20 heavy (non-hydrogen) atoms. The third-order valence-electron chi connectivity index (χ3n) is 3.88. The number of hydrogen-bond donors (Lipinski definition) is 2. The van der Waals surface area contributed by atoms with Crippen molar-refractivity contribution in [1.29, 1.82) is 0 Å². The topological polar surface area (TPSA) is 58.4 Å². The van der Waals surface area contributed by atoms with Gasteiger partial charge in [0.1, 0.15) is 5.82 Å². The van der Waals surface area contributed by atoms with E-state index in [0.717, 1.165) is 38.0 Å². The molecule has 0 saturated carbocycles. The molecule has 1 aromatic carbocycles. The van der Waals surface area contributed by atoms with Crippen LogP contribution in [0.4, 0.5) is 10.1 Å². The van der Waals surface area contributed by atoms with Crippen molar-refractivity contribution in [2.75, 3.05) is 31.5 Å². The maximum absolute atomic E-state index is 13.2. The molecule has 1 saturated heterocycles. The average molecular weight is 279 g/mol. The zero-order chi connectivity index (χ0) is 14.5. The molecule has 0 spiro atoms. The molecule has 0 unspecified atom stereocenters. The molecule has 0 atom stereocenters. The minimum atomic E-state index is -0.338. The smallest absolute Gasteiger partial charge is 0.238 e. The lowest BCUT2D eigenvalue weighted by Crippen LogP contribution is -2.40. The summed E-state index contributed by atoms with van der Waals surface area (Å²) in [6.45, 7) is 4.73. The van der Waals surface area contributed by atoms with E-state index in [0.29, 0.717) is 18.2 Å². The number of nitrogens with one attached hydrogen (secondary N) is 1. The van der Waals surface area contributed by atoms with Crippen LogP contribution in [0.1, 0.15) is 18.4 Å². The van der Waals surface area contributed by atoms with Gasteiger partial charge in [-0.15, -0.1) is 0 Å². The SMILES string of the molecule is Cc1ccc(F)cc1NC(=O)CN1CCC(CN)CC1. The molecule has 0 aliphatic carbocycles. The lowest BCUT2D eigenvalue weighted by Gasteiger charge is -2.30. The highest BCUT2D eigenvalue weighted by atomic mass is 19.1. The van der Waals surface area contributed by atoms with Crippen LogP contribution >= 0.6 is 0 Å². The van der Waals surface area contributed by atoms with Gasteiger partial charge in [-0.1, -0.05) is 6.07 Å². The van der Waals surface area contributed by atoms with Gasteiger partial charge in [0.15, 0.2) is 0 Å². The molecule has 1 heterocycles. The Morgan fingerprint density at radius 1 is 1.45 bits per heavy atom. The van der Waals surface area contributed by atoms with Crippen molar-refractivity contribution >= 4 is 11.6 Å². The summed E-state index contributed by atoms with van der Waals surface area (Å²) in [7, 11) is 0. The minimum absolute atomic E-state index is 0.0927. The molecule has 1 aliphatic heterocycles. The van der Waals surface area contributed by atoms with Gasteiger partial charge in [-0.05, 0) is 63.0 Å². The van der Waals surface area contributed by atoms with Crippen molar-refractivity contribution in [3.05, 3.63) is 29.6 Å². The average Bonchev–Trinajstić information content (AvgIpc) is 2.43. The van der Waals surface area contributed by atoms with E-state index >= 15 is 0 Å². The Morgan fingerprint density at radius 3 is 2.80 bits per heavy atom. The summed E-state index contributed by atoms with van der Waals surface area (Å²) in [5.74, 6) is 0.152. The number of carbonyl (C=O) groups is 1. The summed E-state index contributed by atoms with van der Waals surface area (Å²) in [6, 6.07) is 4.41. The van der Waals surface area contributed by atoms with Gasteiger partial charge in [0, 0.05) is 5.69 Å². The number of halogens is 1. The number of aryl methyl sites for hydroxylation is 1. The van der Waals surface area contributed by atoms with Crippen molar-refractivity contribution in [1.82, 2.24) is 4.90 Å². The Hall–Kier alpha value is -1.46. The normalized spacial score (nSPS) is 17.1. The Bertz CT molecular complexity index is 470. The second-order valence-corrected chi connectivity index (χ2v) is 5.46. The molecule has 4 nitrogen and oxygen atoms in total. The molecule has 1 aliphatic rings. The standard InChI is InChI=1S/C15H22FN3O/c1-11-2-3-13(16)8-14(11)18-15(20)10-19-6-4-12(9-17)5-7-19/h2-3,8,12H,4-7,9-10,17H2,1H3,(H,18,20). The van der Waals surface area contributed by atoms with E-state index in [2.05, 4.69) is 10.2 Å². The molecule has 2 rings (SSSR count). The predicted molar refractivity (Wildman–Crippen MR) is 78.0 cm³/mol. The first-order chi connectivity index (χ1) is 9.58. The van der Waals surface area contributed by atoms with Crippen LogP contribution < -0.4 is 11.1 Å². The first-order valence-electron chi connectivity index (χ1n) is 7.07. The van der Waals surface area contributed by atoms with Crippen LogP contribution in [-0.2, 0) is 4.79 Å². The van der Waals surface area contributed by atoms with Gasteiger partial charge < -0.3 is 11.1 Å². The van der Waals surface area contributed by atoms with E-state index in [-0.39, 0.29) is 11.7 Å². The van der Waals surface area contributed by atoms with Gasteiger partial charge in [-0.2, -0.15) is 0 Å². The highest BCUT2D eigenvalue weighted by molar-refractivity contribution is 5.92. The molecule has 110 valence electrons. The van der Waals surface area contributed by atoms with E-state index < -0.39 is 0 Å². The van der Waals surface area contributed by atoms with Crippen LogP contribution in [0.5, 0.6) is 0 Å². The zero-order valence-corrected chi connectivity index (χ0v) is 11.9. The summed E-state index contributed by atoms with van der Waals surface area (Å²) >= 11 is 0. The van der Waals surface area contributed by atoms with E-state index in [1.165, 1.54) is 12.1 Å². The number of nitrogens with two attached hydrogens (primary N) is 1. The molecule has 0 radical (unpaired) electrons. The van der Waals surface area contributed by atoms with Crippen LogP contribution in [0.25, 0.3) is 0 Å². The Balaban J connectivity index is 1.85. The van der Waals surface area contributed by atoms with Crippen molar-refractivity contribution in [3.63, 3.8) is 0 Å². The van der Waals surface area contributed by atoms with E-state index in [9.17, 15) is 9.18 Å². The summed E-state index contributed by atoms with van der Waals surface area (Å²) in [5, 5.41) is 2.78. The quantitative estimate of drug-likeness (QED) is 0.882. The fourth-order valence-electron chi connectivity index (χ4n) is 2.50. The van der Waals surface area contributed by atoms with Crippen molar-refractivity contribution < 1.29 is 9.18 Å². The first kappa shape index (κ1) is 14.9. The molecular formula is C15H22FN3O. The largest absolute Gasteiger partial charge is 0.330 e. The van der Waals surface area contributed by atoms with Crippen molar-refractivity contribution in [3.8, 4) is 0 Å². The number of amides is 1. The van der Waals surface area contributed by atoms with Gasteiger partial charge in [-0.3, -0.25) is 9.69 Å². The number of carbonyl (C=O) groups excluding carboxylic acids is 1. The number of piperidine rings is 1. The second-order valence-electron chi connectivity index (χ2n) is 5.46. The van der Waals surface area contributed by atoms with Crippen molar-refractivity contribution in [2.24, 2.45) is 11.7 Å². The lowest BCUT2D eigenvalue weighted by atomic mass is 9.97. The fraction of sp³-hybridized carbons (Fsp3) is 0.533. The molecule has 3 N–H and O–H groups in total. The maximum Gasteiger partial charge on any atom is 0.238 e. The van der Waals surface area contributed by atoms with Crippen LogP contribution in [0.2, 0.25) is 0 Å². The van der Waals surface area contributed by atoms with Crippen molar-refractivity contribution in [2.45, 2.75) is 19.8 Å². The summed E-state index contributed by atoms with van der Waals surface area (Å²) < 4.78 is 13.2. The van der Waals surface area contributed by atoms with Gasteiger partial charge in [-0.25, -0.2) is 4.39 Å². The fourth-order valence-corrected chi connectivity index (χ4v) is 2.50. The van der Waals surface area contributed by atoms with Gasteiger partial charge >= 0.3 is 0 Å². The van der Waals surface area contributed by atoms with Gasteiger partial charge in [0.25, 0.3) is 0 Å². The number of hydrogen-bond acceptors (Lipinski definition) is 3. The maximum atomic E-state index is 13.2. The summed E-state index contributed by atoms with van der Waals surface area (Å²) in [6.07, 6.45) is 2.09. The third-order valence-corrected chi connectivity index (χ3v) is 3.88. The summed E-state index contributed by atoms with van der Waals surface area (Å²) in [4.78, 5) is 14.1. The minimum Gasteiger partial charge on any atom is -0.330 e. The Morgan fingerprint density at radius 2 is 2.15 bits per heavy atom. The highest BCUT2D eigenvalue weighted by Crippen LogP contribution is 2.17. The predicted octanol–water partition coefficient (Wildman–Crippen LogP) is 1.74. The molecule has 5 heteroatoms. The number of likely N-dealkylation sites (tertiary alicyclic amines) is 1. The zero-order valence-electron chi connectivity index (χ0n) is 11.9. The number of anilines is 1. The van der Waals surface area contributed by atoms with E-state index in [1.807, 2.05) is 6.92 Å². The highest BCUT2D eigenvalue weighted by Gasteiger charge is 2.19. The van der Waals surface area contributed by atoms with Crippen LogP contribution in [0.15, 0.2) is 18.2 Å². The third kappa shape index (κ3) is 4.02. The lowest BCUT2D eigenvalue weighted by molar-refractivity contribution is -0.117. The Kier molecular flexibility index (Phi) is 5.09. The molecular weight excluding hydrogens is 257 g/mol. The molecule has 0 aromatic heterocycles. The van der Waals surface area contributed by atoms with Gasteiger partial charge in [0.2, 0.25) is 5.91 Å². The number of rotatable bonds is 4. The van der Waals surface area contributed by atoms with Gasteiger partial charge in [0.05, 0.1) is 6.54 Å². The summed E-state index contributed by atoms with van der Waals surface area (Å²) in [5.41, 5.74) is 7.06. The van der Waals surface area contributed by atoms with Crippen LogP contribution in [0.3, 0.4) is 0 Å². The molecule has 1 fully saturated rings.